The van der Waals surface area contributed by atoms with Gasteiger partial charge in [0.2, 0.25) is 12.4 Å². The lowest BCUT2D eigenvalue weighted by Crippen LogP contribution is -2.63. The molecule has 176 valence electrons. The Hall–Kier alpha value is -3.34. The van der Waals surface area contributed by atoms with Gasteiger partial charge in [0.15, 0.2) is 23.7 Å². The normalized spacial score (nSPS) is 24.7. The summed E-state index contributed by atoms with van der Waals surface area (Å²) in [4.78, 5) is 46.6. The zero-order chi connectivity index (χ0) is 24.0. The number of aromatic hydroxyl groups is 1. The highest BCUT2D eigenvalue weighted by Gasteiger charge is 2.53. The molecule has 0 aliphatic carbocycles. The second kappa shape index (κ2) is 10.8. The number of phenolic OH excluding ortho intramolecular Hbond substituents is 1. The van der Waals surface area contributed by atoms with Crippen molar-refractivity contribution < 1.29 is 52.7 Å². The average Bonchev–Trinajstić information content (AvgIpc) is 2.66. The third-order valence-corrected chi connectivity index (χ3v) is 4.31. The molecule has 1 fully saturated rings. The third kappa shape index (κ3) is 6.84. The molecule has 1 unspecified atom stereocenters. The highest BCUT2D eigenvalue weighted by Crippen LogP contribution is 2.34. The lowest BCUT2D eigenvalue weighted by molar-refractivity contribution is -0.288. The van der Waals surface area contributed by atoms with Crippen LogP contribution in [0.1, 0.15) is 33.3 Å². The van der Waals surface area contributed by atoms with E-state index >= 15 is 0 Å². The Morgan fingerprint density at radius 2 is 1.44 bits per heavy atom. The van der Waals surface area contributed by atoms with Gasteiger partial charge in [0.05, 0.1) is 0 Å². The Balaban J connectivity index is 2.49. The van der Waals surface area contributed by atoms with E-state index in [0.717, 1.165) is 26.3 Å². The van der Waals surface area contributed by atoms with E-state index in [-0.39, 0.29) is 18.1 Å². The van der Waals surface area contributed by atoms with E-state index in [1.165, 1.54) is 19.1 Å². The highest BCUT2D eigenvalue weighted by atomic mass is 16.7. The van der Waals surface area contributed by atoms with Gasteiger partial charge < -0.3 is 33.5 Å². The maximum Gasteiger partial charge on any atom is 0.303 e. The van der Waals surface area contributed by atoms with Crippen molar-refractivity contribution in [3.63, 3.8) is 0 Å². The quantitative estimate of drug-likeness (QED) is 0.468. The molecular formula is C21H26O11. The van der Waals surface area contributed by atoms with Gasteiger partial charge in [0, 0.05) is 27.7 Å². The number of carbonyl (C=O) groups excluding carboxylic acids is 4. The van der Waals surface area contributed by atoms with Crippen molar-refractivity contribution in [2.24, 2.45) is 0 Å². The minimum atomic E-state index is -1.41. The van der Waals surface area contributed by atoms with Crippen LogP contribution < -0.4 is 4.74 Å². The van der Waals surface area contributed by atoms with Crippen molar-refractivity contribution in [2.75, 3.05) is 6.61 Å². The van der Waals surface area contributed by atoms with Crippen LogP contribution in [0.25, 0.3) is 0 Å². The number of benzene rings is 1. The lowest BCUT2D eigenvalue weighted by atomic mass is 9.98. The van der Waals surface area contributed by atoms with Crippen LogP contribution in [0.15, 0.2) is 18.2 Å². The second-order valence-corrected chi connectivity index (χ2v) is 7.16. The fourth-order valence-corrected chi connectivity index (χ4v) is 3.12. The third-order valence-electron chi connectivity index (χ3n) is 4.31. The minimum absolute atomic E-state index is 0.00546. The summed E-state index contributed by atoms with van der Waals surface area (Å²) in [6, 6.07) is 4.56. The van der Waals surface area contributed by atoms with Gasteiger partial charge >= 0.3 is 23.9 Å². The van der Waals surface area contributed by atoms with Gasteiger partial charge in [-0.15, -0.1) is 0 Å². The summed E-state index contributed by atoms with van der Waals surface area (Å²) in [6.45, 7) is 5.93. The summed E-state index contributed by atoms with van der Waals surface area (Å²) in [5.74, 6) is -3.09. The number of phenols is 1. The Morgan fingerprint density at radius 1 is 0.875 bits per heavy atom. The Labute approximate surface area is 184 Å². The predicted molar refractivity (Wildman–Crippen MR) is 105 cm³/mol. The topological polar surface area (TPSA) is 144 Å². The number of rotatable bonds is 7. The Bertz CT molecular complexity index is 865. The highest BCUT2D eigenvalue weighted by molar-refractivity contribution is 5.68. The summed E-state index contributed by atoms with van der Waals surface area (Å²) < 4.78 is 32.5. The largest absolute Gasteiger partial charge is 0.504 e. The number of ether oxygens (including phenoxy) is 6. The summed E-state index contributed by atoms with van der Waals surface area (Å²) in [5, 5.41) is 10.1. The second-order valence-electron chi connectivity index (χ2n) is 7.16. The maximum absolute atomic E-state index is 11.8. The Kier molecular flexibility index (Phi) is 8.41. The molecule has 0 spiro atoms. The molecule has 1 aliphatic heterocycles. The molecule has 0 aromatic heterocycles. The van der Waals surface area contributed by atoms with E-state index in [0.29, 0.717) is 0 Å². The van der Waals surface area contributed by atoms with Gasteiger partial charge in [-0.2, -0.15) is 0 Å². The van der Waals surface area contributed by atoms with Crippen molar-refractivity contribution in [1.29, 1.82) is 0 Å². The zero-order valence-corrected chi connectivity index (χ0v) is 18.4. The van der Waals surface area contributed by atoms with Gasteiger partial charge in [0.1, 0.15) is 12.7 Å². The molecule has 1 N–H and O–H groups in total. The maximum atomic E-state index is 11.8. The number of aryl methyl sites for hydroxylation is 1. The summed E-state index contributed by atoms with van der Waals surface area (Å²) in [5.41, 5.74) is 0.753. The number of carbonyl (C=O) groups is 4. The molecule has 0 bridgehead atoms. The first-order valence-electron chi connectivity index (χ1n) is 9.74. The first-order valence-corrected chi connectivity index (χ1v) is 9.74. The Morgan fingerprint density at radius 3 is 2.00 bits per heavy atom. The molecule has 1 aromatic rings. The van der Waals surface area contributed by atoms with Crippen molar-refractivity contribution in [2.45, 2.75) is 65.3 Å². The zero-order valence-electron chi connectivity index (χ0n) is 18.4. The van der Waals surface area contributed by atoms with E-state index in [1.807, 2.05) is 0 Å². The fraction of sp³-hybridized carbons (Fsp3) is 0.524. The molecule has 2 rings (SSSR count). The van der Waals surface area contributed by atoms with E-state index in [9.17, 15) is 24.3 Å². The van der Waals surface area contributed by atoms with Gasteiger partial charge in [-0.1, -0.05) is 6.07 Å². The van der Waals surface area contributed by atoms with Crippen LogP contribution in [0.2, 0.25) is 0 Å². The van der Waals surface area contributed by atoms with Gasteiger partial charge in [0.25, 0.3) is 0 Å². The summed E-state index contributed by atoms with van der Waals surface area (Å²) in [6.07, 6.45) is -6.58. The standard InChI is InChI=1S/C21H26O11/c1-10-6-7-15(26)16(8-10)31-21-20(30-14(5)25)19(29-13(4)24)18(28-12(3)23)17(32-21)9-27-11(2)22/h6-8,17-21,26H,9H2,1-5H3/t17?,18-,19+,20-,21-/m1/s1. The molecule has 11 nitrogen and oxygen atoms in total. The molecule has 1 aromatic carbocycles. The van der Waals surface area contributed by atoms with Crippen molar-refractivity contribution >= 4 is 23.9 Å². The van der Waals surface area contributed by atoms with E-state index in [4.69, 9.17) is 28.4 Å². The molecule has 11 heteroatoms. The van der Waals surface area contributed by atoms with Crippen LogP contribution in [0.3, 0.4) is 0 Å². The monoisotopic (exact) mass is 454 g/mol. The van der Waals surface area contributed by atoms with E-state index in [2.05, 4.69) is 0 Å². The number of hydrogen-bond donors (Lipinski definition) is 1. The van der Waals surface area contributed by atoms with E-state index in [1.54, 1.807) is 13.0 Å². The summed E-state index contributed by atoms with van der Waals surface area (Å²) in [7, 11) is 0. The van der Waals surface area contributed by atoms with Crippen LogP contribution in [-0.4, -0.2) is 66.3 Å². The van der Waals surface area contributed by atoms with Crippen molar-refractivity contribution in [3.05, 3.63) is 23.8 Å². The van der Waals surface area contributed by atoms with E-state index < -0.39 is 54.6 Å². The van der Waals surface area contributed by atoms with Crippen molar-refractivity contribution in [1.82, 2.24) is 0 Å². The fourth-order valence-electron chi connectivity index (χ4n) is 3.12. The average molecular weight is 454 g/mol. The first-order chi connectivity index (χ1) is 15.0. The van der Waals surface area contributed by atoms with Gasteiger partial charge in [-0.3, -0.25) is 19.2 Å². The number of esters is 4. The molecule has 0 amide bonds. The van der Waals surface area contributed by atoms with Gasteiger partial charge in [-0.25, -0.2) is 0 Å². The molecule has 1 heterocycles. The van der Waals surface area contributed by atoms with Gasteiger partial charge in [-0.05, 0) is 24.6 Å². The summed E-state index contributed by atoms with van der Waals surface area (Å²) >= 11 is 0. The predicted octanol–water partition coefficient (Wildman–Crippen LogP) is 1.16. The minimum Gasteiger partial charge on any atom is -0.504 e. The van der Waals surface area contributed by atoms with Crippen LogP contribution in [0.4, 0.5) is 0 Å². The van der Waals surface area contributed by atoms with Crippen molar-refractivity contribution in [3.8, 4) is 11.5 Å². The molecule has 1 aliphatic rings. The van der Waals surface area contributed by atoms with Crippen LogP contribution in [0.5, 0.6) is 11.5 Å². The first kappa shape index (κ1) is 24.9. The lowest BCUT2D eigenvalue weighted by Gasteiger charge is -2.43. The number of hydrogen-bond acceptors (Lipinski definition) is 11. The van der Waals surface area contributed by atoms with Crippen LogP contribution in [-0.2, 0) is 42.9 Å². The molecule has 32 heavy (non-hydrogen) atoms. The molecule has 0 radical (unpaired) electrons. The molecule has 0 saturated carbocycles. The SMILES string of the molecule is CC(=O)OCC1O[C@@H](Oc2cc(C)ccc2O)[C@H](OC(C)=O)[C@@H](OC(C)=O)[C@@H]1OC(C)=O. The molecule has 5 atom stereocenters. The van der Waals surface area contributed by atoms with Crippen LogP contribution in [0, 0.1) is 6.92 Å². The van der Waals surface area contributed by atoms with Crippen LogP contribution >= 0.6 is 0 Å². The molecule has 1 saturated heterocycles. The molecular weight excluding hydrogens is 428 g/mol. The smallest absolute Gasteiger partial charge is 0.303 e.